The van der Waals surface area contributed by atoms with Gasteiger partial charge in [0.2, 0.25) is 10.0 Å². The van der Waals surface area contributed by atoms with Crippen LogP contribution in [0, 0.1) is 11.8 Å². The van der Waals surface area contributed by atoms with Crippen LogP contribution in [0.15, 0.2) is 0 Å². The number of nitrogens with one attached hydrogen (secondary N) is 1. The van der Waals surface area contributed by atoms with E-state index in [1.165, 1.54) is 0 Å². The van der Waals surface area contributed by atoms with Crippen molar-refractivity contribution in [1.82, 2.24) is 4.72 Å². The molecular weight excluding hydrogens is 274 g/mol. The van der Waals surface area contributed by atoms with E-state index in [-0.39, 0.29) is 24.8 Å². The van der Waals surface area contributed by atoms with Crippen LogP contribution in [-0.2, 0) is 24.3 Å². The lowest BCUT2D eigenvalue weighted by molar-refractivity contribution is -0.139. The first-order chi connectivity index (χ1) is 8.66. The number of rotatable bonds is 9. The van der Waals surface area contributed by atoms with Gasteiger partial charge in [0, 0.05) is 13.0 Å². The summed E-state index contributed by atoms with van der Waals surface area (Å²) in [7, 11) is -2.68. The van der Waals surface area contributed by atoms with Gasteiger partial charge in [0.1, 0.15) is 0 Å². The Bertz CT molecular complexity index is 403. The minimum atomic E-state index is -3.78. The van der Waals surface area contributed by atoms with E-state index >= 15 is 0 Å². The molecule has 0 heterocycles. The van der Waals surface area contributed by atoms with Gasteiger partial charge in [-0.1, -0.05) is 13.8 Å². The van der Waals surface area contributed by atoms with Crippen molar-refractivity contribution in [3.63, 3.8) is 0 Å². The third-order valence-electron chi connectivity index (χ3n) is 2.40. The standard InChI is InChI=1S/C11H21NO6S/c1-8(2)4-9(5-10(13)14)6-12-19(16,17)7-11(15)18-3/h8-9,12H,4-7H2,1-3H3,(H,13,14)/t9-/m0/s1. The fraction of sp³-hybridized carbons (Fsp3) is 0.818. The predicted molar refractivity (Wildman–Crippen MR) is 69.0 cm³/mol. The van der Waals surface area contributed by atoms with Gasteiger partial charge in [-0.05, 0) is 18.3 Å². The molecule has 8 heteroatoms. The summed E-state index contributed by atoms with van der Waals surface area (Å²) in [6, 6.07) is 0. The summed E-state index contributed by atoms with van der Waals surface area (Å²) in [5.41, 5.74) is 0. The summed E-state index contributed by atoms with van der Waals surface area (Å²) in [4.78, 5) is 21.6. The highest BCUT2D eigenvalue weighted by Gasteiger charge is 2.21. The second kappa shape index (κ2) is 8.11. The van der Waals surface area contributed by atoms with E-state index in [2.05, 4.69) is 9.46 Å². The molecular formula is C11H21NO6S. The summed E-state index contributed by atoms with van der Waals surface area (Å²) in [6.45, 7) is 3.86. The van der Waals surface area contributed by atoms with Crippen molar-refractivity contribution in [2.75, 3.05) is 19.4 Å². The first-order valence-corrected chi connectivity index (χ1v) is 7.57. The summed E-state index contributed by atoms with van der Waals surface area (Å²) < 4.78 is 29.5. The van der Waals surface area contributed by atoms with Crippen molar-refractivity contribution in [2.45, 2.75) is 26.7 Å². The maximum Gasteiger partial charge on any atom is 0.322 e. The lowest BCUT2D eigenvalue weighted by Gasteiger charge is -2.17. The van der Waals surface area contributed by atoms with E-state index in [4.69, 9.17) is 5.11 Å². The molecule has 0 saturated carbocycles. The number of esters is 1. The number of hydrogen-bond donors (Lipinski definition) is 2. The second-order valence-electron chi connectivity index (χ2n) is 4.78. The summed E-state index contributed by atoms with van der Waals surface area (Å²) in [6.07, 6.45) is 0.478. The SMILES string of the molecule is COC(=O)CS(=O)(=O)NC[C@H](CC(=O)O)CC(C)C. The molecule has 0 spiro atoms. The molecule has 0 saturated heterocycles. The van der Waals surface area contributed by atoms with Gasteiger partial charge in [-0.2, -0.15) is 0 Å². The zero-order valence-electron chi connectivity index (χ0n) is 11.4. The molecule has 19 heavy (non-hydrogen) atoms. The minimum Gasteiger partial charge on any atom is -0.481 e. The highest BCUT2D eigenvalue weighted by atomic mass is 32.2. The van der Waals surface area contributed by atoms with Crippen LogP contribution in [0.5, 0.6) is 0 Å². The van der Waals surface area contributed by atoms with Crippen molar-refractivity contribution in [3.05, 3.63) is 0 Å². The van der Waals surface area contributed by atoms with Gasteiger partial charge < -0.3 is 9.84 Å². The molecule has 0 aromatic heterocycles. The van der Waals surface area contributed by atoms with Crippen LogP contribution in [0.25, 0.3) is 0 Å². The normalized spacial score (nSPS) is 13.3. The van der Waals surface area contributed by atoms with Crippen molar-refractivity contribution in [2.24, 2.45) is 11.8 Å². The Balaban J connectivity index is 4.44. The lowest BCUT2D eigenvalue weighted by atomic mass is 9.94. The largest absolute Gasteiger partial charge is 0.481 e. The third kappa shape index (κ3) is 9.43. The van der Waals surface area contributed by atoms with Crippen molar-refractivity contribution < 1.29 is 27.9 Å². The Hall–Kier alpha value is -1.15. The molecule has 0 bridgehead atoms. The molecule has 0 fully saturated rings. The van der Waals surface area contributed by atoms with Gasteiger partial charge in [0.05, 0.1) is 7.11 Å². The highest BCUT2D eigenvalue weighted by Crippen LogP contribution is 2.15. The van der Waals surface area contributed by atoms with Gasteiger partial charge >= 0.3 is 11.9 Å². The predicted octanol–water partition coefficient (Wildman–Crippen LogP) is 0.216. The van der Waals surface area contributed by atoms with Crippen LogP contribution in [0.2, 0.25) is 0 Å². The van der Waals surface area contributed by atoms with Crippen molar-refractivity contribution >= 4 is 22.0 Å². The van der Waals surface area contributed by atoms with Crippen molar-refractivity contribution in [3.8, 4) is 0 Å². The second-order valence-corrected chi connectivity index (χ2v) is 6.58. The highest BCUT2D eigenvalue weighted by molar-refractivity contribution is 7.90. The van der Waals surface area contributed by atoms with Crippen LogP contribution in [0.1, 0.15) is 26.7 Å². The molecule has 0 aliphatic carbocycles. The van der Waals surface area contributed by atoms with Gasteiger partial charge in [-0.3, -0.25) is 9.59 Å². The molecule has 0 radical (unpaired) electrons. The Kier molecular flexibility index (Phi) is 7.62. The molecule has 112 valence electrons. The lowest BCUT2D eigenvalue weighted by Crippen LogP contribution is -2.35. The summed E-state index contributed by atoms with van der Waals surface area (Å²) in [5.74, 6) is -2.63. The number of carbonyl (C=O) groups is 2. The smallest absolute Gasteiger partial charge is 0.322 e. The van der Waals surface area contributed by atoms with Crippen LogP contribution < -0.4 is 4.72 Å². The van der Waals surface area contributed by atoms with Gasteiger partial charge in [0.15, 0.2) is 5.75 Å². The monoisotopic (exact) mass is 295 g/mol. The van der Waals surface area contributed by atoms with E-state index in [1.807, 2.05) is 13.8 Å². The van der Waals surface area contributed by atoms with Crippen LogP contribution in [0.4, 0.5) is 0 Å². The zero-order valence-corrected chi connectivity index (χ0v) is 12.2. The molecule has 0 aliphatic rings. The molecule has 2 N–H and O–H groups in total. The average molecular weight is 295 g/mol. The van der Waals surface area contributed by atoms with E-state index in [9.17, 15) is 18.0 Å². The first-order valence-electron chi connectivity index (χ1n) is 5.92. The van der Waals surface area contributed by atoms with E-state index in [0.29, 0.717) is 6.42 Å². The number of hydrogen-bond acceptors (Lipinski definition) is 5. The van der Waals surface area contributed by atoms with Crippen LogP contribution >= 0.6 is 0 Å². The number of sulfonamides is 1. The quantitative estimate of drug-likeness (QED) is 0.589. The number of carboxylic acids is 1. The van der Waals surface area contributed by atoms with Crippen LogP contribution in [0.3, 0.4) is 0 Å². The number of methoxy groups -OCH3 is 1. The molecule has 0 unspecified atom stereocenters. The number of carbonyl (C=O) groups excluding carboxylic acids is 1. The Morgan fingerprint density at radius 3 is 2.32 bits per heavy atom. The van der Waals surface area contributed by atoms with Gasteiger partial charge in [-0.15, -0.1) is 0 Å². The Morgan fingerprint density at radius 2 is 1.89 bits per heavy atom. The molecule has 0 rings (SSSR count). The van der Waals surface area contributed by atoms with Gasteiger partial charge in [-0.25, -0.2) is 13.1 Å². The van der Waals surface area contributed by atoms with E-state index in [0.717, 1.165) is 7.11 Å². The third-order valence-corrected chi connectivity index (χ3v) is 3.62. The maximum absolute atomic E-state index is 11.5. The Morgan fingerprint density at radius 1 is 1.32 bits per heavy atom. The first kappa shape index (κ1) is 17.8. The fourth-order valence-corrected chi connectivity index (χ4v) is 2.68. The average Bonchev–Trinajstić information content (AvgIpc) is 2.24. The van der Waals surface area contributed by atoms with E-state index in [1.54, 1.807) is 0 Å². The minimum absolute atomic E-state index is 0.00378. The number of ether oxygens (including phenoxy) is 1. The topological polar surface area (TPSA) is 110 Å². The molecule has 0 aliphatic heterocycles. The maximum atomic E-state index is 11.5. The van der Waals surface area contributed by atoms with Crippen molar-refractivity contribution in [1.29, 1.82) is 0 Å². The molecule has 7 nitrogen and oxygen atoms in total. The number of carboxylic acid groups (broad SMARTS) is 1. The Labute approximate surface area is 113 Å². The van der Waals surface area contributed by atoms with E-state index < -0.39 is 27.7 Å². The zero-order chi connectivity index (χ0) is 15.1. The van der Waals surface area contributed by atoms with Gasteiger partial charge in [0.25, 0.3) is 0 Å². The molecule has 0 aromatic carbocycles. The molecule has 0 aromatic rings. The number of aliphatic carboxylic acids is 1. The summed E-state index contributed by atoms with van der Waals surface area (Å²) >= 11 is 0. The summed E-state index contributed by atoms with van der Waals surface area (Å²) in [5, 5.41) is 8.76. The molecule has 1 atom stereocenters. The van der Waals surface area contributed by atoms with Crippen LogP contribution in [-0.4, -0.2) is 44.9 Å². The molecule has 0 amide bonds. The fourth-order valence-electron chi connectivity index (χ4n) is 1.66.